The first-order chi connectivity index (χ1) is 9.24. The van der Waals surface area contributed by atoms with E-state index in [-0.39, 0.29) is 17.4 Å². The Bertz CT molecular complexity index is 467. The summed E-state index contributed by atoms with van der Waals surface area (Å²) in [6.45, 7) is 11.1. The molecule has 1 atom stereocenters. The van der Waals surface area contributed by atoms with Gasteiger partial charge >= 0.3 is 0 Å². The number of anilines is 1. The van der Waals surface area contributed by atoms with E-state index in [0.29, 0.717) is 24.5 Å². The highest BCUT2D eigenvalue weighted by Gasteiger charge is 2.18. The minimum Gasteiger partial charge on any atom is -0.384 e. The molecule has 0 spiro atoms. The molecule has 0 aliphatic heterocycles. The zero-order valence-corrected chi connectivity index (χ0v) is 13.0. The van der Waals surface area contributed by atoms with E-state index in [1.165, 1.54) is 0 Å². The van der Waals surface area contributed by atoms with Gasteiger partial charge in [-0.25, -0.2) is 4.98 Å². The first-order valence-corrected chi connectivity index (χ1v) is 6.92. The normalized spacial score (nSPS) is 13.1. The van der Waals surface area contributed by atoms with Crippen molar-refractivity contribution in [3.63, 3.8) is 0 Å². The van der Waals surface area contributed by atoms with E-state index in [1.807, 2.05) is 34.6 Å². The smallest absolute Gasteiger partial charge is 0.251 e. The summed E-state index contributed by atoms with van der Waals surface area (Å²) >= 11 is 0. The number of hydrogen-bond acceptors (Lipinski definition) is 4. The molecule has 0 saturated heterocycles. The van der Waals surface area contributed by atoms with Gasteiger partial charge in [0.15, 0.2) is 0 Å². The molecule has 20 heavy (non-hydrogen) atoms. The van der Waals surface area contributed by atoms with Gasteiger partial charge in [0.25, 0.3) is 5.91 Å². The Balaban J connectivity index is 2.81. The molecule has 1 amide bonds. The molecule has 1 aromatic heterocycles. The van der Waals surface area contributed by atoms with Gasteiger partial charge in [-0.2, -0.15) is 0 Å². The highest BCUT2D eigenvalue weighted by atomic mass is 16.5. The molecule has 5 heteroatoms. The zero-order valence-electron chi connectivity index (χ0n) is 13.0. The van der Waals surface area contributed by atoms with Crippen molar-refractivity contribution in [3.05, 3.63) is 23.4 Å². The SMILES string of the molecule is CCOC(C)CNC(=O)c1cc(N)nc(C(C)(C)C)c1. The fourth-order valence-electron chi connectivity index (χ4n) is 1.75. The third-order valence-corrected chi connectivity index (χ3v) is 2.88. The summed E-state index contributed by atoms with van der Waals surface area (Å²) in [5.41, 5.74) is 6.97. The summed E-state index contributed by atoms with van der Waals surface area (Å²) in [4.78, 5) is 16.4. The van der Waals surface area contributed by atoms with Crippen molar-refractivity contribution in [2.45, 2.75) is 46.1 Å². The van der Waals surface area contributed by atoms with Crippen molar-refractivity contribution in [2.24, 2.45) is 0 Å². The Morgan fingerprint density at radius 2 is 2.10 bits per heavy atom. The summed E-state index contributed by atoms with van der Waals surface area (Å²) in [7, 11) is 0. The molecule has 0 aliphatic rings. The van der Waals surface area contributed by atoms with Gasteiger partial charge in [-0.15, -0.1) is 0 Å². The van der Waals surface area contributed by atoms with Gasteiger partial charge in [0.1, 0.15) is 5.82 Å². The number of ether oxygens (including phenoxy) is 1. The van der Waals surface area contributed by atoms with Crippen LogP contribution in [0.25, 0.3) is 0 Å². The molecular formula is C15H25N3O2. The molecule has 5 nitrogen and oxygen atoms in total. The molecule has 0 aliphatic carbocycles. The monoisotopic (exact) mass is 279 g/mol. The van der Waals surface area contributed by atoms with Crippen molar-refractivity contribution in [1.82, 2.24) is 10.3 Å². The number of hydrogen-bond donors (Lipinski definition) is 2. The van der Waals surface area contributed by atoms with E-state index in [9.17, 15) is 4.79 Å². The van der Waals surface area contributed by atoms with Crippen LogP contribution < -0.4 is 11.1 Å². The second kappa shape index (κ2) is 6.70. The molecule has 0 bridgehead atoms. The van der Waals surface area contributed by atoms with Crippen LogP contribution in [0.4, 0.5) is 5.82 Å². The van der Waals surface area contributed by atoms with Gasteiger partial charge in [0, 0.05) is 29.8 Å². The predicted molar refractivity (Wildman–Crippen MR) is 80.8 cm³/mol. The Kier molecular flexibility index (Phi) is 5.51. The van der Waals surface area contributed by atoms with Crippen molar-refractivity contribution in [1.29, 1.82) is 0 Å². The second-order valence-electron chi connectivity index (χ2n) is 5.89. The minimum absolute atomic E-state index is 0.00905. The Hall–Kier alpha value is -1.62. The highest BCUT2D eigenvalue weighted by Crippen LogP contribution is 2.22. The maximum atomic E-state index is 12.1. The molecule has 0 saturated carbocycles. The molecular weight excluding hydrogens is 254 g/mol. The fraction of sp³-hybridized carbons (Fsp3) is 0.600. The van der Waals surface area contributed by atoms with E-state index in [2.05, 4.69) is 10.3 Å². The van der Waals surface area contributed by atoms with Crippen LogP contribution in [0.2, 0.25) is 0 Å². The fourth-order valence-corrected chi connectivity index (χ4v) is 1.75. The number of nitrogen functional groups attached to an aromatic ring is 1. The van der Waals surface area contributed by atoms with Crippen LogP contribution in [-0.4, -0.2) is 30.1 Å². The number of rotatable bonds is 5. The second-order valence-corrected chi connectivity index (χ2v) is 5.89. The van der Waals surface area contributed by atoms with E-state index >= 15 is 0 Å². The molecule has 0 aromatic carbocycles. The Morgan fingerprint density at radius 3 is 2.65 bits per heavy atom. The zero-order chi connectivity index (χ0) is 15.3. The van der Waals surface area contributed by atoms with Crippen molar-refractivity contribution in [2.75, 3.05) is 18.9 Å². The van der Waals surface area contributed by atoms with Gasteiger partial charge < -0.3 is 15.8 Å². The molecule has 1 rings (SSSR count). The van der Waals surface area contributed by atoms with Crippen LogP contribution in [0.3, 0.4) is 0 Å². The quantitative estimate of drug-likeness (QED) is 0.865. The summed E-state index contributed by atoms with van der Waals surface area (Å²) in [5, 5.41) is 2.84. The minimum atomic E-state index is -0.156. The number of nitrogens with one attached hydrogen (secondary N) is 1. The van der Waals surface area contributed by atoms with Crippen LogP contribution in [0.5, 0.6) is 0 Å². The summed E-state index contributed by atoms with van der Waals surface area (Å²) < 4.78 is 5.38. The van der Waals surface area contributed by atoms with Crippen LogP contribution >= 0.6 is 0 Å². The maximum Gasteiger partial charge on any atom is 0.251 e. The average molecular weight is 279 g/mol. The lowest BCUT2D eigenvalue weighted by molar-refractivity contribution is 0.0695. The maximum absolute atomic E-state index is 12.1. The first kappa shape index (κ1) is 16.4. The summed E-state index contributed by atoms with van der Waals surface area (Å²) in [6, 6.07) is 3.38. The van der Waals surface area contributed by atoms with Crippen LogP contribution in [-0.2, 0) is 10.2 Å². The topological polar surface area (TPSA) is 77.2 Å². The predicted octanol–water partition coefficient (Wildman–Crippen LogP) is 2.12. The van der Waals surface area contributed by atoms with Gasteiger partial charge in [-0.05, 0) is 26.0 Å². The number of aromatic nitrogens is 1. The lowest BCUT2D eigenvalue weighted by Gasteiger charge is -2.19. The summed E-state index contributed by atoms with van der Waals surface area (Å²) in [5.74, 6) is 0.205. The lowest BCUT2D eigenvalue weighted by Crippen LogP contribution is -2.32. The average Bonchev–Trinajstić information content (AvgIpc) is 2.34. The molecule has 0 fully saturated rings. The Labute approximate surface area is 120 Å². The number of amides is 1. The van der Waals surface area contributed by atoms with E-state index in [1.54, 1.807) is 12.1 Å². The van der Waals surface area contributed by atoms with Crippen LogP contribution in [0.1, 0.15) is 50.7 Å². The van der Waals surface area contributed by atoms with Crippen molar-refractivity contribution in [3.8, 4) is 0 Å². The number of nitrogens with two attached hydrogens (primary N) is 1. The standard InChI is InChI=1S/C15H25N3O2/c1-6-20-10(2)9-17-14(19)11-7-12(15(3,4)5)18-13(16)8-11/h7-8,10H,6,9H2,1-5H3,(H2,16,18)(H,17,19). The van der Waals surface area contributed by atoms with Crippen LogP contribution in [0.15, 0.2) is 12.1 Å². The molecule has 1 unspecified atom stereocenters. The highest BCUT2D eigenvalue weighted by molar-refractivity contribution is 5.95. The van der Waals surface area contributed by atoms with Crippen LogP contribution in [0, 0.1) is 0 Å². The molecule has 112 valence electrons. The van der Waals surface area contributed by atoms with Gasteiger partial charge in [-0.1, -0.05) is 20.8 Å². The van der Waals surface area contributed by atoms with Crippen molar-refractivity contribution < 1.29 is 9.53 Å². The van der Waals surface area contributed by atoms with E-state index in [0.717, 1.165) is 5.69 Å². The largest absolute Gasteiger partial charge is 0.384 e. The lowest BCUT2D eigenvalue weighted by atomic mass is 9.90. The number of carbonyl (C=O) groups is 1. The first-order valence-electron chi connectivity index (χ1n) is 6.92. The molecule has 0 radical (unpaired) electrons. The molecule has 1 heterocycles. The number of pyridine rings is 1. The third-order valence-electron chi connectivity index (χ3n) is 2.88. The molecule has 3 N–H and O–H groups in total. The third kappa shape index (κ3) is 4.81. The molecule has 1 aromatic rings. The Morgan fingerprint density at radius 1 is 1.45 bits per heavy atom. The van der Waals surface area contributed by atoms with Gasteiger partial charge in [0.2, 0.25) is 0 Å². The van der Waals surface area contributed by atoms with E-state index < -0.39 is 0 Å². The number of carbonyl (C=O) groups excluding carboxylic acids is 1. The van der Waals surface area contributed by atoms with E-state index in [4.69, 9.17) is 10.5 Å². The van der Waals surface area contributed by atoms with Crippen molar-refractivity contribution >= 4 is 11.7 Å². The summed E-state index contributed by atoms with van der Waals surface area (Å²) in [6.07, 6.45) is -0.00905. The van der Waals surface area contributed by atoms with Gasteiger partial charge in [0.05, 0.1) is 6.10 Å². The number of nitrogens with zero attached hydrogens (tertiary/aromatic N) is 1. The van der Waals surface area contributed by atoms with Gasteiger partial charge in [-0.3, -0.25) is 4.79 Å².